The first-order valence-corrected chi connectivity index (χ1v) is 15.1. The van der Waals surface area contributed by atoms with Crippen molar-refractivity contribution in [2.45, 2.75) is 44.6 Å². The van der Waals surface area contributed by atoms with Crippen LogP contribution < -0.4 is 15.8 Å². The van der Waals surface area contributed by atoms with Gasteiger partial charge in [0.05, 0.1) is 40.3 Å². The first-order chi connectivity index (χ1) is 19.7. The lowest BCUT2D eigenvalue weighted by Crippen LogP contribution is -2.46. The van der Waals surface area contributed by atoms with Crippen LogP contribution in [0.3, 0.4) is 0 Å². The highest BCUT2D eigenvalue weighted by atomic mass is 32.1. The number of hydrogen-bond donors (Lipinski definition) is 2. The predicted molar refractivity (Wildman–Crippen MR) is 157 cm³/mol. The minimum Gasteiger partial charge on any atom is -0.480 e. The SMILES string of the molecule is COc1ncc(NC(=O)C(=O)N2C[C@@H](C)CC[C@@H]2c2ccc3sc([C@H]4C[C@@H]5CN(C)C[C@@H]5C4)nc3c2)cc1C(N)=O. The second-order valence-electron chi connectivity index (χ2n) is 11.9. The molecule has 3 aromatic rings. The largest absolute Gasteiger partial charge is 0.480 e. The molecule has 3 N–H and O–H groups in total. The summed E-state index contributed by atoms with van der Waals surface area (Å²) in [4.78, 5) is 51.6. The number of fused-ring (bicyclic) bond motifs is 2. The molecule has 216 valence electrons. The van der Waals surface area contributed by atoms with Crippen LogP contribution in [0.25, 0.3) is 10.2 Å². The summed E-state index contributed by atoms with van der Waals surface area (Å²) >= 11 is 1.79. The van der Waals surface area contributed by atoms with Crippen molar-refractivity contribution in [2.75, 3.05) is 39.1 Å². The van der Waals surface area contributed by atoms with Crippen molar-refractivity contribution in [3.8, 4) is 5.88 Å². The van der Waals surface area contributed by atoms with Crippen LogP contribution >= 0.6 is 11.3 Å². The van der Waals surface area contributed by atoms with Crippen molar-refractivity contribution in [2.24, 2.45) is 23.5 Å². The number of nitrogens with zero attached hydrogens (tertiary/aromatic N) is 4. The number of amides is 3. The Morgan fingerprint density at radius 2 is 1.85 bits per heavy atom. The molecule has 10 nitrogen and oxygen atoms in total. The molecule has 11 heteroatoms. The van der Waals surface area contributed by atoms with Crippen LogP contribution in [0.4, 0.5) is 5.69 Å². The summed E-state index contributed by atoms with van der Waals surface area (Å²) in [5, 5.41) is 3.81. The highest BCUT2D eigenvalue weighted by Gasteiger charge is 2.41. The van der Waals surface area contributed by atoms with Gasteiger partial charge in [0, 0.05) is 25.6 Å². The molecule has 0 radical (unpaired) electrons. The van der Waals surface area contributed by atoms with Gasteiger partial charge in [-0.25, -0.2) is 9.97 Å². The number of nitrogens with one attached hydrogen (secondary N) is 1. The van der Waals surface area contributed by atoms with Crippen molar-refractivity contribution in [1.29, 1.82) is 0 Å². The average Bonchev–Trinajstić information content (AvgIpc) is 3.64. The van der Waals surface area contributed by atoms with Crippen molar-refractivity contribution >= 4 is 45.0 Å². The molecule has 3 fully saturated rings. The second kappa shape index (κ2) is 11.0. The molecular weight excluding hydrogens is 540 g/mol. The number of benzene rings is 1. The second-order valence-corrected chi connectivity index (χ2v) is 13.0. The molecule has 3 aliphatic rings. The van der Waals surface area contributed by atoms with E-state index in [0.29, 0.717) is 12.5 Å². The summed E-state index contributed by atoms with van der Waals surface area (Å²) < 4.78 is 6.22. The zero-order valence-electron chi connectivity index (χ0n) is 23.6. The Bertz CT molecular complexity index is 1490. The molecule has 1 aromatic carbocycles. The summed E-state index contributed by atoms with van der Waals surface area (Å²) in [6.45, 7) is 4.94. The van der Waals surface area contributed by atoms with Crippen LogP contribution in [0.5, 0.6) is 5.88 Å². The Morgan fingerprint density at radius 1 is 1.10 bits per heavy atom. The number of nitrogens with two attached hydrogens (primary N) is 1. The number of methoxy groups -OCH3 is 1. The average molecular weight is 577 g/mol. The number of carbonyl (C=O) groups is 3. The fourth-order valence-electron chi connectivity index (χ4n) is 6.98. The minimum absolute atomic E-state index is 0.0197. The molecule has 5 atom stereocenters. The summed E-state index contributed by atoms with van der Waals surface area (Å²) in [5.74, 6) is 0.237. The zero-order valence-corrected chi connectivity index (χ0v) is 24.4. The monoisotopic (exact) mass is 576 g/mol. The first-order valence-electron chi connectivity index (χ1n) is 14.2. The molecule has 1 aliphatic carbocycles. The Hall–Kier alpha value is -3.57. The lowest BCUT2D eigenvalue weighted by atomic mass is 9.89. The molecule has 0 spiro atoms. The molecule has 0 unspecified atom stereocenters. The Labute approximate surface area is 243 Å². The van der Waals surface area contributed by atoms with E-state index in [1.807, 2.05) is 0 Å². The third-order valence-corrected chi connectivity index (χ3v) is 10.1. The first kappa shape index (κ1) is 27.6. The number of piperidine rings is 1. The Morgan fingerprint density at radius 3 is 2.56 bits per heavy atom. The van der Waals surface area contributed by atoms with Crippen molar-refractivity contribution in [1.82, 2.24) is 19.8 Å². The van der Waals surface area contributed by atoms with E-state index in [1.54, 1.807) is 16.2 Å². The van der Waals surface area contributed by atoms with Gasteiger partial charge in [0.25, 0.3) is 5.91 Å². The van der Waals surface area contributed by atoms with Crippen LogP contribution in [0.15, 0.2) is 30.5 Å². The number of aromatic nitrogens is 2. The lowest BCUT2D eigenvalue weighted by Gasteiger charge is -2.38. The van der Waals surface area contributed by atoms with Crippen molar-refractivity contribution < 1.29 is 19.1 Å². The molecule has 4 heterocycles. The number of pyridine rings is 1. The van der Waals surface area contributed by atoms with E-state index in [4.69, 9.17) is 15.5 Å². The Kier molecular flexibility index (Phi) is 7.41. The third-order valence-electron chi connectivity index (χ3n) is 8.94. The van der Waals surface area contributed by atoms with Gasteiger partial charge in [-0.1, -0.05) is 13.0 Å². The molecule has 1 saturated carbocycles. The van der Waals surface area contributed by atoms with E-state index in [2.05, 4.69) is 47.4 Å². The van der Waals surface area contributed by atoms with Gasteiger partial charge in [-0.2, -0.15) is 0 Å². The zero-order chi connectivity index (χ0) is 28.8. The number of rotatable bonds is 5. The topological polar surface area (TPSA) is 131 Å². The number of ether oxygens (including phenoxy) is 1. The van der Waals surface area contributed by atoms with Crippen LogP contribution in [0, 0.1) is 17.8 Å². The fraction of sp³-hybridized carbons (Fsp3) is 0.500. The van der Waals surface area contributed by atoms with Gasteiger partial charge < -0.3 is 25.6 Å². The maximum absolute atomic E-state index is 13.5. The van der Waals surface area contributed by atoms with E-state index in [0.717, 1.165) is 40.5 Å². The highest BCUT2D eigenvalue weighted by molar-refractivity contribution is 7.18. The molecule has 3 amide bonds. The summed E-state index contributed by atoms with van der Waals surface area (Å²) in [7, 11) is 3.59. The lowest BCUT2D eigenvalue weighted by molar-refractivity contribution is -0.146. The van der Waals surface area contributed by atoms with Gasteiger partial charge >= 0.3 is 11.8 Å². The molecular formula is C30H36N6O4S. The van der Waals surface area contributed by atoms with Crippen LogP contribution in [0.1, 0.15) is 65.5 Å². The summed E-state index contributed by atoms with van der Waals surface area (Å²) in [5.41, 5.74) is 7.59. The number of thiazole rings is 1. The smallest absolute Gasteiger partial charge is 0.313 e. The number of hydrogen-bond acceptors (Lipinski definition) is 8. The fourth-order valence-corrected chi connectivity index (χ4v) is 8.05. The van der Waals surface area contributed by atoms with Gasteiger partial charge in [0.15, 0.2) is 0 Å². The maximum atomic E-state index is 13.5. The van der Waals surface area contributed by atoms with E-state index >= 15 is 0 Å². The summed E-state index contributed by atoms with van der Waals surface area (Å²) in [6.07, 6.45) is 5.48. The molecule has 2 saturated heterocycles. The van der Waals surface area contributed by atoms with E-state index in [9.17, 15) is 14.4 Å². The van der Waals surface area contributed by atoms with Crippen LogP contribution in [0.2, 0.25) is 0 Å². The highest BCUT2D eigenvalue weighted by Crippen LogP contribution is 2.47. The molecule has 0 bridgehead atoms. The standard InChI is InChI=1S/C30H36N6O4S/c1-16-4-6-24(36(13-16)30(39)27(38)33-21-11-22(26(31)37)28(40-3)32-12-21)17-5-7-25-23(10-17)34-29(41-25)18-8-19-14-35(2)15-20(19)9-18/h5,7,10-12,16,18-20,24H,4,6,8-9,13-15H2,1-3H3,(H2,31,37)(H,33,38)/t16-,18-,19+,20-,24+/m0/s1. The minimum atomic E-state index is -0.791. The van der Waals surface area contributed by atoms with Gasteiger partial charge in [-0.15, -0.1) is 11.3 Å². The molecule has 2 aromatic heterocycles. The van der Waals surface area contributed by atoms with Gasteiger partial charge in [-0.3, -0.25) is 14.4 Å². The number of anilines is 1. The molecule has 2 aliphatic heterocycles. The quantitative estimate of drug-likeness (QED) is 0.442. The van der Waals surface area contributed by atoms with Crippen molar-refractivity contribution in [3.05, 3.63) is 46.6 Å². The number of primary amides is 1. The normalized spacial score (nSPS) is 26.2. The van der Waals surface area contributed by atoms with Crippen LogP contribution in [-0.4, -0.2) is 71.3 Å². The van der Waals surface area contributed by atoms with Crippen LogP contribution in [-0.2, 0) is 9.59 Å². The van der Waals surface area contributed by atoms with Gasteiger partial charge in [0.2, 0.25) is 5.88 Å². The number of likely N-dealkylation sites (tertiary alicyclic amines) is 2. The van der Waals surface area contributed by atoms with Gasteiger partial charge in [-0.05, 0) is 74.2 Å². The van der Waals surface area contributed by atoms with E-state index in [1.165, 1.54) is 50.3 Å². The van der Waals surface area contributed by atoms with E-state index in [-0.39, 0.29) is 29.1 Å². The molecule has 6 rings (SSSR count). The van der Waals surface area contributed by atoms with Gasteiger partial charge in [0.1, 0.15) is 5.56 Å². The van der Waals surface area contributed by atoms with Crippen molar-refractivity contribution in [3.63, 3.8) is 0 Å². The summed E-state index contributed by atoms with van der Waals surface area (Å²) in [6, 6.07) is 7.43. The van der Waals surface area contributed by atoms with E-state index < -0.39 is 17.7 Å². The number of carbonyl (C=O) groups excluding carboxylic acids is 3. The Balaban J connectivity index is 1.20. The maximum Gasteiger partial charge on any atom is 0.313 e. The predicted octanol–water partition coefficient (Wildman–Crippen LogP) is 3.79. The third kappa shape index (κ3) is 5.40. The molecule has 41 heavy (non-hydrogen) atoms.